The van der Waals surface area contributed by atoms with Crippen molar-refractivity contribution in [3.05, 3.63) is 39.5 Å². The van der Waals surface area contributed by atoms with Crippen LogP contribution in [0.2, 0.25) is 10.0 Å². The highest BCUT2D eigenvalue weighted by Gasteiger charge is 2.15. The minimum Gasteiger partial charge on any atom is -0.439 e. The van der Waals surface area contributed by atoms with Gasteiger partial charge in [-0.15, -0.1) is 0 Å². The van der Waals surface area contributed by atoms with Crippen molar-refractivity contribution < 1.29 is 4.74 Å². The van der Waals surface area contributed by atoms with E-state index in [1.54, 1.807) is 22.9 Å². The van der Waals surface area contributed by atoms with E-state index in [9.17, 15) is 0 Å². The van der Waals surface area contributed by atoms with E-state index in [1.165, 1.54) is 0 Å². The lowest BCUT2D eigenvalue weighted by atomic mass is 10.2. The summed E-state index contributed by atoms with van der Waals surface area (Å²) in [6.45, 7) is 2.47. The Bertz CT molecular complexity index is 576. The second-order valence-corrected chi connectivity index (χ2v) is 5.11. The largest absolute Gasteiger partial charge is 0.439 e. The summed E-state index contributed by atoms with van der Waals surface area (Å²) in [5, 5.41) is 5.40. The predicted molar refractivity (Wildman–Crippen MR) is 77.2 cm³/mol. The van der Waals surface area contributed by atoms with Crippen LogP contribution in [0, 0.1) is 6.92 Å². The maximum atomic E-state index is 5.96. The number of hydrogen-bond donors (Lipinski definition) is 1. The second kappa shape index (κ2) is 5.82. The molecule has 0 atom stereocenters. The average Bonchev–Trinajstić information content (AvgIpc) is 2.55. The van der Waals surface area contributed by atoms with Gasteiger partial charge in [0.25, 0.3) is 0 Å². The van der Waals surface area contributed by atoms with Gasteiger partial charge in [0.2, 0.25) is 5.88 Å². The fourth-order valence-corrected chi connectivity index (χ4v) is 2.45. The zero-order valence-corrected chi connectivity index (χ0v) is 12.3. The summed E-state index contributed by atoms with van der Waals surface area (Å²) in [6, 6.07) is 5.08. The van der Waals surface area contributed by atoms with E-state index in [-0.39, 0.29) is 0 Å². The van der Waals surface area contributed by atoms with E-state index >= 15 is 0 Å². The van der Waals surface area contributed by atoms with Crippen LogP contribution in [0.15, 0.2) is 18.2 Å². The Labute approximate surface area is 122 Å². The molecule has 0 fully saturated rings. The van der Waals surface area contributed by atoms with E-state index in [1.807, 2.05) is 14.0 Å². The smallest absolute Gasteiger partial charge is 0.221 e. The van der Waals surface area contributed by atoms with Gasteiger partial charge in [-0.3, -0.25) is 0 Å². The number of nitrogens with two attached hydrogens (primary N) is 1. The molecule has 0 amide bonds. The molecule has 0 bridgehead atoms. The molecule has 0 saturated heterocycles. The summed E-state index contributed by atoms with van der Waals surface area (Å²) in [6.07, 6.45) is 0.712. The van der Waals surface area contributed by atoms with Gasteiger partial charge < -0.3 is 10.5 Å². The second-order valence-electron chi connectivity index (χ2n) is 4.24. The van der Waals surface area contributed by atoms with E-state index in [0.717, 1.165) is 11.3 Å². The van der Waals surface area contributed by atoms with Crippen molar-refractivity contribution >= 4 is 23.2 Å². The predicted octanol–water partition coefficient (Wildman–Crippen LogP) is 3.33. The quantitative estimate of drug-likeness (QED) is 0.942. The molecule has 2 rings (SSSR count). The van der Waals surface area contributed by atoms with Crippen LogP contribution in [0.25, 0.3) is 0 Å². The first kappa shape index (κ1) is 14.2. The Morgan fingerprint density at radius 3 is 2.47 bits per heavy atom. The zero-order valence-electron chi connectivity index (χ0n) is 10.8. The van der Waals surface area contributed by atoms with Gasteiger partial charge in [0.15, 0.2) is 0 Å². The maximum Gasteiger partial charge on any atom is 0.221 e. The molecule has 2 aromatic rings. The van der Waals surface area contributed by atoms with E-state index in [4.69, 9.17) is 33.7 Å². The molecule has 1 aromatic heterocycles. The topological polar surface area (TPSA) is 53.1 Å². The Morgan fingerprint density at radius 1 is 1.26 bits per heavy atom. The number of rotatable bonds is 4. The molecule has 0 aliphatic heterocycles. The highest BCUT2D eigenvalue weighted by atomic mass is 35.5. The van der Waals surface area contributed by atoms with Crippen molar-refractivity contribution in [3.8, 4) is 11.6 Å². The molecule has 19 heavy (non-hydrogen) atoms. The highest BCUT2D eigenvalue weighted by molar-refractivity contribution is 6.34. The minimum absolute atomic E-state index is 0.529. The van der Waals surface area contributed by atoms with Crippen molar-refractivity contribution in [1.29, 1.82) is 0 Å². The molecular formula is C13H15Cl2N3O. The molecule has 0 radical (unpaired) electrons. The third-order valence-electron chi connectivity index (χ3n) is 2.73. The summed E-state index contributed by atoms with van der Waals surface area (Å²) in [7, 11) is 1.83. The molecule has 0 aliphatic rings. The fraction of sp³-hybridized carbons (Fsp3) is 0.308. The van der Waals surface area contributed by atoms with Gasteiger partial charge in [-0.1, -0.05) is 23.2 Å². The molecule has 0 unspecified atom stereocenters. The van der Waals surface area contributed by atoms with E-state index in [2.05, 4.69) is 5.10 Å². The van der Waals surface area contributed by atoms with Crippen LogP contribution in [0.3, 0.4) is 0 Å². The molecule has 102 valence electrons. The fourth-order valence-electron chi connectivity index (χ4n) is 1.94. The van der Waals surface area contributed by atoms with Crippen LogP contribution in [-0.2, 0) is 13.5 Å². The normalized spacial score (nSPS) is 10.8. The standard InChI is InChI=1S/C13H15Cl2N3O/c1-8-12(3-4-16)13(18(2)17-8)19-11-6-9(14)5-10(15)7-11/h5-7H,3-4,16H2,1-2H3. The van der Waals surface area contributed by atoms with Crippen LogP contribution in [0.1, 0.15) is 11.3 Å². The van der Waals surface area contributed by atoms with Crippen molar-refractivity contribution in [2.24, 2.45) is 12.8 Å². The summed E-state index contributed by atoms with van der Waals surface area (Å²) in [5.41, 5.74) is 7.53. The number of ether oxygens (including phenoxy) is 1. The van der Waals surface area contributed by atoms with Crippen LogP contribution < -0.4 is 10.5 Å². The van der Waals surface area contributed by atoms with Gasteiger partial charge in [-0.25, -0.2) is 4.68 Å². The van der Waals surface area contributed by atoms with Crippen molar-refractivity contribution in [1.82, 2.24) is 9.78 Å². The van der Waals surface area contributed by atoms with Crippen LogP contribution in [0.5, 0.6) is 11.6 Å². The van der Waals surface area contributed by atoms with Crippen LogP contribution in [-0.4, -0.2) is 16.3 Å². The third kappa shape index (κ3) is 3.21. The van der Waals surface area contributed by atoms with Crippen LogP contribution >= 0.6 is 23.2 Å². The maximum absolute atomic E-state index is 5.96. The molecule has 0 spiro atoms. The SMILES string of the molecule is Cc1nn(C)c(Oc2cc(Cl)cc(Cl)c2)c1CCN. The van der Waals surface area contributed by atoms with E-state index < -0.39 is 0 Å². The van der Waals surface area contributed by atoms with Gasteiger partial charge in [-0.05, 0) is 38.1 Å². The Morgan fingerprint density at radius 2 is 1.89 bits per heavy atom. The molecular weight excluding hydrogens is 285 g/mol. The first-order chi connectivity index (χ1) is 9.01. The number of benzene rings is 1. The zero-order chi connectivity index (χ0) is 14.0. The Balaban J connectivity index is 2.37. The molecule has 1 heterocycles. The third-order valence-corrected chi connectivity index (χ3v) is 3.17. The van der Waals surface area contributed by atoms with Crippen molar-refractivity contribution in [2.75, 3.05) is 6.54 Å². The van der Waals surface area contributed by atoms with Crippen molar-refractivity contribution in [2.45, 2.75) is 13.3 Å². The number of halogens is 2. The lowest BCUT2D eigenvalue weighted by molar-refractivity contribution is 0.426. The van der Waals surface area contributed by atoms with Gasteiger partial charge in [0, 0.05) is 22.7 Å². The first-order valence-corrected chi connectivity index (χ1v) is 6.63. The van der Waals surface area contributed by atoms with E-state index in [0.29, 0.717) is 34.6 Å². The number of aryl methyl sites for hydroxylation is 2. The molecule has 4 nitrogen and oxygen atoms in total. The van der Waals surface area contributed by atoms with Gasteiger partial charge in [-0.2, -0.15) is 5.10 Å². The number of nitrogens with zero attached hydrogens (tertiary/aromatic N) is 2. The van der Waals surface area contributed by atoms with Crippen LogP contribution in [0.4, 0.5) is 0 Å². The summed E-state index contributed by atoms with van der Waals surface area (Å²) < 4.78 is 7.54. The Kier molecular flexibility index (Phi) is 4.34. The number of aromatic nitrogens is 2. The lowest BCUT2D eigenvalue weighted by Crippen LogP contribution is -2.05. The van der Waals surface area contributed by atoms with Gasteiger partial charge >= 0.3 is 0 Å². The van der Waals surface area contributed by atoms with Crippen molar-refractivity contribution in [3.63, 3.8) is 0 Å². The summed E-state index contributed by atoms with van der Waals surface area (Å²) in [4.78, 5) is 0. The Hall–Kier alpha value is -1.23. The molecule has 1 aromatic carbocycles. The molecule has 6 heteroatoms. The first-order valence-electron chi connectivity index (χ1n) is 5.87. The summed E-state index contributed by atoms with van der Waals surface area (Å²) in [5.74, 6) is 1.25. The molecule has 2 N–H and O–H groups in total. The average molecular weight is 300 g/mol. The lowest BCUT2D eigenvalue weighted by Gasteiger charge is -2.09. The highest BCUT2D eigenvalue weighted by Crippen LogP contribution is 2.31. The monoisotopic (exact) mass is 299 g/mol. The summed E-state index contributed by atoms with van der Waals surface area (Å²) >= 11 is 11.9. The number of hydrogen-bond acceptors (Lipinski definition) is 3. The van der Waals surface area contributed by atoms with Gasteiger partial charge in [0.05, 0.1) is 5.69 Å². The molecule has 0 aliphatic carbocycles. The molecule has 0 saturated carbocycles. The minimum atomic E-state index is 0.529. The van der Waals surface area contributed by atoms with Gasteiger partial charge in [0.1, 0.15) is 5.75 Å².